The van der Waals surface area contributed by atoms with Gasteiger partial charge in [-0.2, -0.15) is 0 Å². The standard InChI is InChI=1S/C4H9NO.H4N2/c1-2-3-4(5)6;1-2/h2-3H2,1H3,(H2,5,6);1-2H2. The second-order valence-corrected chi connectivity index (χ2v) is 1.22. The topological polar surface area (TPSA) is 95.1 Å². The van der Waals surface area contributed by atoms with Crippen LogP contribution in [0.4, 0.5) is 0 Å². The summed E-state index contributed by atoms with van der Waals surface area (Å²) >= 11 is 0. The van der Waals surface area contributed by atoms with Crippen molar-refractivity contribution < 1.29 is 4.79 Å². The summed E-state index contributed by atoms with van der Waals surface area (Å²) in [5, 5.41) is 0. The maximum Gasteiger partial charge on any atom is 0.217 e. The third-order valence-electron chi connectivity index (χ3n) is 0.496. The first kappa shape index (κ1) is 10.4. The molecule has 0 aromatic carbocycles. The molecule has 0 radical (unpaired) electrons. The molecule has 0 spiro atoms. The first-order valence-electron chi connectivity index (χ1n) is 2.39. The normalized spacial score (nSPS) is 6.88. The van der Waals surface area contributed by atoms with Crippen LogP contribution in [0.15, 0.2) is 0 Å². The summed E-state index contributed by atoms with van der Waals surface area (Å²) in [5.41, 5.74) is 4.76. The summed E-state index contributed by atoms with van der Waals surface area (Å²) in [5.74, 6) is 7.79. The monoisotopic (exact) mass is 119 g/mol. The molecule has 4 heteroatoms. The zero-order chi connectivity index (χ0) is 6.99. The lowest BCUT2D eigenvalue weighted by molar-refractivity contribution is -0.118. The highest BCUT2D eigenvalue weighted by atomic mass is 16.1. The average Bonchev–Trinajstić information content (AvgIpc) is 1.72. The minimum Gasteiger partial charge on any atom is -0.370 e. The van der Waals surface area contributed by atoms with Gasteiger partial charge in [0, 0.05) is 6.42 Å². The summed E-state index contributed by atoms with van der Waals surface area (Å²) in [6.45, 7) is 1.92. The van der Waals surface area contributed by atoms with Crippen molar-refractivity contribution in [2.24, 2.45) is 17.4 Å². The van der Waals surface area contributed by atoms with E-state index in [1.165, 1.54) is 0 Å². The zero-order valence-electron chi connectivity index (χ0n) is 5.05. The van der Waals surface area contributed by atoms with Crippen molar-refractivity contribution in [1.29, 1.82) is 0 Å². The molecule has 0 aromatic rings. The van der Waals surface area contributed by atoms with Gasteiger partial charge in [0.2, 0.25) is 5.91 Å². The van der Waals surface area contributed by atoms with E-state index < -0.39 is 0 Å². The lowest BCUT2D eigenvalue weighted by atomic mass is 10.3. The van der Waals surface area contributed by atoms with Crippen molar-refractivity contribution in [2.45, 2.75) is 19.8 Å². The molecule has 0 saturated heterocycles. The molecule has 0 rings (SSSR count). The van der Waals surface area contributed by atoms with E-state index >= 15 is 0 Å². The molecular weight excluding hydrogens is 106 g/mol. The Morgan fingerprint density at radius 3 is 1.88 bits per heavy atom. The first-order valence-corrected chi connectivity index (χ1v) is 2.39. The van der Waals surface area contributed by atoms with E-state index in [-0.39, 0.29) is 5.91 Å². The van der Waals surface area contributed by atoms with Gasteiger partial charge in [-0.05, 0) is 6.42 Å². The van der Waals surface area contributed by atoms with Crippen LogP contribution in [-0.2, 0) is 4.79 Å². The van der Waals surface area contributed by atoms with E-state index in [1.54, 1.807) is 0 Å². The Bertz CT molecular complexity index is 55.2. The SMILES string of the molecule is CCCC(N)=O.NN. The molecule has 1 amide bonds. The van der Waals surface area contributed by atoms with Crippen molar-refractivity contribution in [1.82, 2.24) is 0 Å². The largest absolute Gasteiger partial charge is 0.370 e. The number of carbonyl (C=O) groups excluding carboxylic acids is 1. The third-order valence-corrected chi connectivity index (χ3v) is 0.496. The van der Waals surface area contributed by atoms with E-state index in [1.807, 2.05) is 6.92 Å². The molecule has 0 aliphatic rings. The summed E-state index contributed by atoms with van der Waals surface area (Å²) < 4.78 is 0. The Hall–Kier alpha value is -0.610. The predicted molar refractivity (Wildman–Crippen MR) is 32.5 cm³/mol. The van der Waals surface area contributed by atoms with Gasteiger partial charge in [-0.25, -0.2) is 0 Å². The van der Waals surface area contributed by atoms with Gasteiger partial charge >= 0.3 is 0 Å². The quantitative estimate of drug-likeness (QED) is 0.324. The summed E-state index contributed by atoms with van der Waals surface area (Å²) in [7, 11) is 0. The number of amides is 1. The van der Waals surface area contributed by atoms with Crippen molar-refractivity contribution in [2.75, 3.05) is 0 Å². The highest BCUT2D eigenvalue weighted by molar-refractivity contribution is 5.73. The summed E-state index contributed by atoms with van der Waals surface area (Å²) in [4.78, 5) is 9.82. The van der Waals surface area contributed by atoms with Crippen LogP contribution in [0.5, 0.6) is 0 Å². The molecule has 0 aliphatic heterocycles. The van der Waals surface area contributed by atoms with E-state index in [0.717, 1.165) is 6.42 Å². The number of primary amides is 1. The second-order valence-electron chi connectivity index (χ2n) is 1.22. The molecule has 0 saturated carbocycles. The zero-order valence-corrected chi connectivity index (χ0v) is 5.05. The molecule has 8 heavy (non-hydrogen) atoms. The maximum atomic E-state index is 9.82. The molecule has 0 heterocycles. The minimum atomic E-state index is -0.211. The highest BCUT2D eigenvalue weighted by Gasteiger charge is 1.84. The van der Waals surface area contributed by atoms with Gasteiger partial charge in [-0.1, -0.05) is 6.92 Å². The number of rotatable bonds is 2. The fourth-order valence-electron chi connectivity index (χ4n) is 0.246. The van der Waals surface area contributed by atoms with E-state index in [4.69, 9.17) is 5.73 Å². The molecule has 0 unspecified atom stereocenters. The van der Waals surface area contributed by atoms with Gasteiger partial charge in [0.25, 0.3) is 0 Å². The molecule has 6 N–H and O–H groups in total. The fraction of sp³-hybridized carbons (Fsp3) is 0.750. The van der Waals surface area contributed by atoms with Gasteiger partial charge in [0.05, 0.1) is 0 Å². The third kappa shape index (κ3) is 18.2. The van der Waals surface area contributed by atoms with Gasteiger partial charge in [0.1, 0.15) is 0 Å². The van der Waals surface area contributed by atoms with Crippen LogP contribution >= 0.6 is 0 Å². The van der Waals surface area contributed by atoms with E-state index in [0.29, 0.717) is 6.42 Å². The van der Waals surface area contributed by atoms with Gasteiger partial charge in [0.15, 0.2) is 0 Å². The van der Waals surface area contributed by atoms with Crippen molar-refractivity contribution >= 4 is 5.91 Å². The first-order chi connectivity index (χ1) is 3.77. The Morgan fingerprint density at radius 2 is 1.88 bits per heavy atom. The molecular formula is C4H13N3O. The van der Waals surface area contributed by atoms with Crippen LogP contribution in [-0.4, -0.2) is 5.91 Å². The predicted octanol–water partition coefficient (Wildman–Crippen LogP) is -0.909. The fourth-order valence-corrected chi connectivity index (χ4v) is 0.246. The molecule has 4 nitrogen and oxygen atoms in total. The number of carbonyl (C=O) groups is 1. The Balaban J connectivity index is 0. The lowest BCUT2D eigenvalue weighted by Crippen LogP contribution is -2.08. The number of hydrogen-bond donors (Lipinski definition) is 3. The van der Waals surface area contributed by atoms with Crippen LogP contribution in [0, 0.1) is 0 Å². The smallest absolute Gasteiger partial charge is 0.217 e. The Morgan fingerprint density at radius 1 is 1.50 bits per heavy atom. The summed E-state index contributed by atoms with van der Waals surface area (Å²) in [6, 6.07) is 0. The molecule has 0 aromatic heterocycles. The highest BCUT2D eigenvalue weighted by Crippen LogP contribution is 1.79. The molecule has 0 bridgehead atoms. The molecule has 0 fully saturated rings. The van der Waals surface area contributed by atoms with Crippen molar-refractivity contribution in [3.8, 4) is 0 Å². The Kier molecular flexibility index (Phi) is 12.5. The van der Waals surface area contributed by atoms with Crippen molar-refractivity contribution in [3.63, 3.8) is 0 Å². The van der Waals surface area contributed by atoms with Gasteiger partial charge < -0.3 is 5.73 Å². The van der Waals surface area contributed by atoms with Gasteiger partial charge in [-0.3, -0.25) is 16.5 Å². The van der Waals surface area contributed by atoms with E-state index in [9.17, 15) is 4.79 Å². The lowest BCUT2D eigenvalue weighted by Gasteiger charge is -1.81. The van der Waals surface area contributed by atoms with Crippen LogP contribution in [0.25, 0.3) is 0 Å². The minimum absolute atomic E-state index is 0.211. The van der Waals surface area contributed by atoms with Gasteiger partial charge in [-0.15, -0.1) is 0 Å². The Labute approximate surface area is 49.0 Å². The summed E-state index contributed by atoms with van der Waals surface area (Å²) in [6.07, 6.45) is 1.37. The average molecular weight is 119 g/mol. The van der Waals surface area contributed by atoms with Crippen molar-refractivity contribution in [3.05, 3.63) is 0 Å². The number of hydrogen-bond acceptors (Lipinski definition) is 3. The maximum absolute atomic E-state index is 9.82. The second kappa shape index (κ2) is 9.63. The molecule has 0 atom stereocenters. The van der Waals surface area contributed by atoms with Crippen LogP contribution in [0.3, 0.4) is 0 Å². The number of hydrazine groups is 1. The van der Waals surface area contributed by atoms with E-state index in [2.05, 4.69) is 11.7 Å². The van der Waals surface area contributed by atoms with Crippen LogP contribution in [0.2, 0.25) is 0 Å². The van der Waals surface area contributed by atoms with Crippen LogP contribution < -0.4 is 17.4 Å². The number of nitrogens with two attached hydrogens (primary N) is 3. The molecule has 0 aliphatic carbocycles. The van der Waals surface area contributed by atoms with Crippen LogP contribution in [0.1, 0.15) is 19.8 Å². The molecule has 50 valence electrons.